The number of nitrogens with one attached hydrogen (secondary N) is 2. The summed E-state index contributed by atoms with van der Waals surface area (Å²) in [6, 6.07) is 6.85. The van der Waals surface area contributed by atoms with Crippen molar-refractivity contribution in [1.29, 1.82) is 0 Å². The fraction of sp³-hybridized carbons (Fsp3) is 0.294. The number of H-pyrrole nitrogens is 1. The summed E-state index contributed by atoms with van der Waals surface area (Å²) in [7, 11) is 0. The molecule has 3 aromatic heterocycles. The number of hydrogen-bond donors (Lipinski definition) is 2. The smallest absolute Gasteiger partial charge is 0.272 e. The van der Waals surface area contributed by atoms with Crippen LogP contribution in [0.2, 0.25) is 0 Å². The molecule has 0 fully saturated rings. The number of carbonyl (C=O) groups is 2. The quantitative estimate of drug-likeness (QED) is 0.713. The van der Waals surface area contributed by atoms with Crippen molar-refractivity contribution in [1.82, 2.24) is 30.2 Å². The summed E-state index contributed by atoms with van der Waals surface area (Å²) in [6.07, 6.45) is 5.02. The molecule has 0 bridgehead atoms. The Kier molecular flexibility index (Phi) is 4.26. The van der Waals surface area contributed by atoms with Crippen LogP contribution in [-0.4, -0.2) is 43.2 Å². The molecule has 3 aromatic rings. The highest BCUT2D eigenvalue weighted by Gasteiger charge is 2.30. The molecule has 9 heteroatoms. The summed E-state index contributed by atoms with van der Waals surface area (Å²) in [6.45, 7) is 1.18. The fourth-order valence-corrected chi connectivity index (χ4v) is 3.12. The number of rotatable bonds is 5. The Bertz CT molecular complexity index is 884. The fourth-order valence-electron chi connectivity index (χ4n) is 3.12. The second-order valence-electron chi connectivity index (χ2n) is 6.14. The van der Waals surface area contributed by atoms with E-state index in [2.05, 4.69) is 20.6 Å². The van der Waals surface area contributed by atoms with Gasteiger partial charge >= 0.3 is 0 Å². The van der Waals surface area contributed by atoms with Crippen LogP contribution in [-0.2, 0) is 17.9 Å². The Morgan fingerprint density at radius 1 is 1.31 bits per heavy atom. The van der Waals surface area contributed by atoms with Crippen LogP contribution >= 0.6 is 0 Å². The largest absolute Gasteiger partial charge is 0.467 e. The molecular formula is C17H18N6O3. The van der Waals surface area contributed by atoms with Crippen molar-refractivity contribution in [2.75, 3.05) is 6.54 Å². The van der Waals surface area contributed by atoms with Crippen LogP contribution < -0.4 is 5.32 Å². The highest BCUT2D eigenvalue weighted by molar-refractivity contribution is 5.92. The summed E-state index contributed by atoms with van der Waals surface area (Å²) in [5.41, 5.74) is 1.33. The van der Waals surface area contributed by atoms with Gasteiger partial charge in [-0.25, -0.2) is 0 Å². The molecule has 9 nitrogen and oxygen atoms in total. The molecule has 4 heterocycles. The molecule has 0 radical (unpaired) electrons. The summed E-state index contributed by atoms with van der Waals surface area (Å²) in [4.78, 5) is 26.7. The summed E-state index contributed by atoms with van der Waals surface area (Å²) in [5.74, 6) is 0.428. The van der Waals surface area contributed by atoms with Gasteiger partial charge in [-0.15, -0.1) is 0 Å². The molecule has 1 atom stereocenters. The lowest BCUT2D eigenvalue weighted by Gasteiger charge is -2.33. The molecule has 2 amide bonds. The van der Waals surface area contributed by atoms with Gasteiger partial charge in [0.15, 0.2) is 0 Å². The van der Waals surface area contributed by atoms with E-state index in [0.29, 0.717) is 31.1 Å². The normalized spacial score (nSPS) is 16.3. The molecule has 26 heavy (non-hydrogen) atoms. The van der Waals surface area contributed by atoms with Gasteiger partial charge in [0.05, 0.1) is 37.5 Å². The topological polar surface area (TPSA) is 109 Å². The van der Waals surface area contributed by atoms with Crippen LogP contribution in [0.5, 0.6) is 0 Å². The van der Waals surface area contributed by atoms with Gasteiger partial charge in [0, 0.05) is 18.9 Å². The molecular weight excluding hydrogens is 336 g/mol. The van der Waals surface area contributed by atoms with E-state index >= 15 is 0 Å². The summed E-state index contributed by atoms with van der Waals surface area (Å²) in [5, 5.41) is 13.7. The molecule has 4 rings (SSSR count). The lowest BCUT2D eigenvalue weighted by molar-refractivity contribution is -0.122. The zero-order chi connectivity index (χ0) is 17.9. The predicted octanol–water partition coefficient (Wildman–Crippen LogP) is 1.10. The molecule has 134 valence electrons. The SMILES string of the molecule is O=C(CC1CN(C(=O)c2ccn[nH]2)Cc2ccnn21)NCc1ccco1. The average molecular weight is 354 g/mol. The zero-order valence-corrected chi connectivity index (χ0v) is 14.0. The maximum absolute atomic E-state index is 12.6. The van der Waals surface area contributed by atoms with Gasteiger partial charge in [-0.2, -0.15) is 10.2 Å². The first-order valence-electron chi connectivity index (χ1n) is 8.31. The number of hydrogen-bond acceptors (Lipinski definition) is 5. The lowest BCUT2D eigenvalue weighted by Crippen LogP contribution is -2.43. The van der Waals surface area contributed by atoms with Crippen LogP contribution in [0.3, 0.4) is 0 Å². The van der Waals surface area contributed by atoms with Gasteiger partial charge in [-0.3, -0.25) is 19.4 Å². The number of carbonyl (C=O) groups excluding carboxylic acids is 2. The van der Waals surface area contributed by atoms with E-state index in [1.165, 1.54) is 0 Å². The van der Waals surface area contributed by atoms with E-state index in [1.807, 2.05) is 10.7 Å². The van der Waals surface area contributed by atoms with Gasteiger partial charge < -0.3 is 14.6 Å². The maximum atomic E-state index is 12.6. The average Bonchev–Trinajstić information content (AvgIpc) is 3.41. The third-order valence-corrected chi connectivity index (χ3v) is 4.36. The minimum Gasteiger partial charge on any atom is -0.467 e. The minimum absolute atomic E-state index is 0.122. The lowest BCUT2D eigenvalue weighted by atomic mass is 10.1. The molecule has 1 unspecified atom stereocenters. The molecule has 1 aliphatic heterocycles. The molecule has 0 aromatic carbocycles. The third kappa shape index (κ3) is 3.23. The van der Waals surface area contributed by atoms with Crippen LogP contribution in [0.1, 0.15) is 34.4 Å². The Labute approximate surface area is 149 Å². The molecule has 0 aliphatic carbocycles. The Morgan fingerprint density at radius 2 is 2.23 bits per heavy atom. The molecule has 2 N–H and O–H groups in total. The van der Waals surface area contributed by atoms with Crippen LogP contribution in [0.25, 0.3) is 0 Å². The highest BCUT2D eigenvalue weighted by Crippen LogP contribution is 2.24. The number of fused-ring (bicyclic) bond motifs is 1. The van der Waals surface area contributed by atoms with Gasteiger partial charge in [0.1, 0.15) is 11.5 Å². The Hall–Kier alpha value is -3.36. The summed E-state index contributed by atoms with van der Waals surface area (Å²) < 4.78 is 7.04. The van der Waals surface area contributed by atoms with Crippen molar-refractivity contribution in [2.45, 2.75) is 25.6 Å². The Morgan fingerprint density at radius 3 is 3.00 bits per heavy atom. The zero-order valence-electron chi connectivity index (χ0n) is 14.0. The van der Waals surface area contributed by atoms with E-state index < -0.39 is 0 Å². The second kappa shape index (κ2) is 6.87. The number of aromatic amines is 1. The monoisotopic (exact) mass is 354 g/mol. The second-order valence-corrected chi connectivity index (χ2v) is 6.14. The molecule has 0 saturated heterocycles. The van der Waals surface area contributed by atoms with E-state index in [0.717, 1.165) is 5.69 Å². The van der Waals surface area contributed by atoms with E-state index in [1.54, 1.807) is 41.8 Å². The van der Waals surface area contributed by atoms with Gasteiger partial charge in [-0.1, -0.05) is 0 Å². The van der Waals surface area contributed by atoms with Crippen molar-refractivity contribution in [3.05, 3.63) is 60.1 Å². The number of nitrogens with zero attached hydrogens (tertiary/aromatic N) is 4. The van der Waals surface area contributed by atoms with Crippen LogP contribution in [0.4, 0.5) is 0 Å². The predicted molar refractivity (Wildman–Crippen MR) is 89.8 cm³/mol. The van der Waals surface area contributed by atoms with Crippen molar-refractivity contribution >= 4 is 11.8 Å². The van der Waals surface area contributed by atoms with Gasteiger partial charge in [0.2, 0.25) is 5.91 Å². The minimum atomic E-state index is -0.225. The number of aromatic nitrogens is 4. The van der Waals surface area contributed by atoms with Crippen molar-refractivity contribution in [2.24, 2.45) is 0 Å². The van der Waals surface area contributed by atoms with Crippen molar-refractivity contribution in [3.63, 3.8) is 0 Å². The van der Waals surface area contributed by atoms with Crippen molar-refractivity contribution < 1.29 is 14.0 Å². The molecule has 0 spiro atoms. The van der Waals surface area contributed by atoms with Gasteiger partial charge in [0.25, 0.3) is 5.91 Å². The standard InChI is InChI=1S/C17H18N6O3/c24-16(18-9-14-2-1-7-26-14)8-13-11-22(10-12-3-6-20-23(12)13)17(25)15-4-5-19-21-15/h1-7,13H,8-11H2,(H,18,24)(H,19,21). The first-order valence-corrected chi connectivity index (χ1v) is 8.31. The summed E-state index contributed by atoms with van der Waals surface area (Å²) >= 11 is 0. The van der Waals surface area contributed by atoms with Crippen molar-refractivity contribution in [3.8, 4) is 0 Å². The van der Waals surface area contributed by atoms with E-state index in [4.69, 9.17) is 4.42 Å². The van der Waals surface area contributed by atoms with Crippen LogP contribution in [0.15, 0.2) is 47.3 Å². The van der Waals surface area contributed by atoms with E-state index in [9.17, 15) is 9.59 Å². The first-order chi connectivity index (χ1) is 12.7. The first kappa shape index (κ1) is 16.1. The maximum Gasteiger partial charge on any atom is 0.272 e. The van der Waals surface area contributed by atoms with E-state index in [-0.39, 0.29) is 24.3 Å². The molecule has 1 aliphatic rings. The third-order valence-electron chi connectivity index (χ3n) is 4.36. The molecule has 0 saturated carbocycles. The highest BCUT2D eigenvalue weighted by atomic mass is 16.3. The Balaban J connectivity index is 1.44. The number of amides is 2. The van der Waals surface area contributed by atoms with Crippen LogP contribution in [0, 0.1) is 0 Å². The van der Waals surface area contributed by atoms with Gasteiger partial charge in [-0.05, 0) is 24.3 Å². The number of furan rings is 1.